The van der Waals surface area contributed by atoms with Crippen molar-refractivity contribution in [2.75, 3.05) is 19.0 Å². The molecule has 0 atom stereocenters. The highest BCUT2D eigenvalue weighted by atomic mass is 35.5. The van der Waals surface area contributed by atoms with Crippen LogP contribution in [-0.2, 0) is 14.3 Å². The van der Waals surface area contributed by atoms with E-state index in [2.05, 4.69) is 5.32 Å². The maximum atomic E-state index is 12.0. The lowest BCUT2D eigenvalue weighted by molar-refractivity contribution is -0.152. The first kappa shape index (κ1) is 18.1. The predicted molar refractivity (Wildman–Crippen MR) is 90.0 cm³/mol. The second-order valence-corrected chi connectivity index (χ2v) is 7.06. The van der Waals surface area contributed by atoms with Crippen molar-refractivity contribution < 1.29 is 19.4 Å². The molecule has 1 amide bonds. The minimum Gasteiger partial charge on any atom is -0.480 e. The molecule has 0 radical (unpaired) electrons. The van der Waals surface area contributed by atoms with Crippen LogP contribution in [0.15, 0.2) is 29.2 Å². The molecule has 2 rings (SSSR count). The van der Waals surface area contributed by atoms with E-state index in [1.807, 2.05) is 24.3 Å². The summed E-state index contributed by atoms with van der Waals surface area (Å²) in [6.45, 7) is 0.720. The molecule has 1 aliphatic heterocycles. The van der Waals surface area contributed by atoms with Gasteiger partial charge in [0.25, 0.3) is 0 Å². The number of halogens is 1. The van der Waals surface area contributed by atoms with Crippen molar-refractivity contribution in [1.82, 2.24) is 5.32 Å². The number of carboxylic acid groups (broad SMARTS) is 1. The summed E-state index contributed by atoms with van der Waals surface area (Å²) in [6, 6.07) is 7.54. The highest BCUT2D eigenvalue weighted by molar-refractivity contribution is 7.99. The van der Waals surface area contributed by atoms with Gasteiger partial charge in [-0.05, 0) is 36.4 Å². The van der Waals surface area contributed by atoms with Crippen LogP contribution in [0.2, 0.25) is 5.02 Å². The topological polar surface area (TPSA) is 75.6 Å². The zero-order chi connectivity index (χ0) is 16.7. The molecule has 0 bridgehead atoms. The molecule has 0 spiro atoms. The Labute approximate surface area is 144 Å². The Morgan fingerprint density at radius 1 is 1.26 bits per heavy atom. The van der Waals surface area contributed by atoms with Crippen molar-refractivity contribution in [1.29, 1.82) is 0 Å². The number of carbonyl (C=O) groups is 2. The third kappa shape index (κ3) is 5.41. The van der Waals surface area contributed by atoms with Gasteiger partial charge in [-0.2, -0.15) is 0 Å². The second kappa shape index (κ2) is 8.57. The number of amides is 1. The van der Waals surface area contributed by atoms with E-state index in [-0.39, 0.29) is 5.91 Å². The summed E-state index contributed by atoms with van der Waals surface area (Å²) in [5, 5.41) is 12.8. The van der Waals surface area contributed by atoms with Crippen LogP contribution in [0, 0.1) is 0 Å². The van der Waals surface area contributed by atoms with E-state index in [4.69, 9.17) is 16.3 Å². The van der Waals surface area contributed by atoms with E-state index in [0.29, 0.717) is 43.9 Å². The first-order valence-corrected chi connectivity index (χ1v) is 8.89. The minimum atomic E-state index is -1.17. The molecular weight excluding hydrogens is 338 g/mol. The smallest absolute Gasteiger partial charge is 0.329 e. The molecule has 1 saturated heterocycles. The summed E-state index contributed by atoms with van der Waals surface area (Å²) >= 11 is 7.47. The maximum Gasteiger partial charge on any atom is 0.329 e. The third-order valence-corrected chi connectivity index (χ3v) is 5.12. The van der Waals surface area contributed by atoms with Crippen molar-refractivity contribution in [3.63, 3.8) is 0 Å². The number of carbonyl (C=O) groups excluding carboxylic acids is 1. The van der Waals surface area contributed by atoms with Crippen LogP contribution in [0.1, 0.15) is 25.7 Å². The van der Waals surface area contributed by atoms with Gasteiger partial charge in [0, 0.05) is 42.4 Å². The van der Waals surface area contributed by atoms with E-state index >= 15 is 0 Å². The molecule has 0 unspecified atom stereocenters. The van der Waals surface area contributed by atoms with Gasteiger partial charge in [-0.15, -0.1) is 11.8 Å². The quantitative estimate of drug-likeness (QED) is 0.579. The highest BCUT2D eigenvalue weighted by Crippen LogP contribution is 2.23. The molecule has 0 aliphatic carbocycles. The Bertz CT molecular complexity index is 544. The first-order valence-electron chi connectivity index (χ1n) is 7.52. The monoisotopic (exact) mass is 357 g/mol. The molecule has 1 aliphatic rings. The molecule has 2 N–H and O–H groups in total. The molecule has 1 aromatic carbocycles. The summed E-state index contributed by atoms with van der Waals surface area (Å²) in [5.74, 6) is -0.409. The van der Waals surface area contributed by atoms with E-state index in [1.54, 1.807) is 11.8 Å². The molecule has 1 aromatic rings. The Morgan fingerprint density at radius 3 is 2.52 bits per heavy atom. The van der Waals surface area contributed by atoms with E-state index < -0.39 is 11.5 Å². The molecule has 1 fully saturated rings. The number of thioether (sulfide) groups is 1. The molecule has 1 heterocycles. The average molecular weight is 358 g/mol. The Kier molecular flexibility index (Phi) is 6.74. The van der Waals surface area contributed by atoms with Gasteiger partial charge < -0.3 is 15.2 Å². The van der Waals surface area contributed by atoms with Crippen LogP contribution >= 0.6 is 23.4 Å². The summed E-state index contributed by atoms with van der Waals surface area (Å²) in [5.41, 5.74) is -1.17. The van der Waals surface area contributed by atoms with Crippen LogP contribution < -0.4 is 5.32 Å². The molecule has 0 saturated carbocycles. The SMILES string of the molecule is O=C(CCCSc1ccc(Cl)cc1)NC1(C(=O)O)CCOCC1. The number of benzene rings is 1. The van der Waals surface area contributed by atoms with Crippen molar-refractivity contribution in [2.45, 2.75) is 36.1 Å². The van der Waals surface area contributed by atoms with Crippen molar-refractivity contribution in [2.24, 2.45) is 0 Å². The Balaban J connectivity index is 1.73. The second-order valence-electron chi connectivity index (χ2n) is 5.45. The van der Waals surface area contributed by atoms with Crippen molar-refractivity contribution in [3.8, 4) is 0 Å². The van der Waals surface area contributed by atoms with Crippen molar-refractivity contribution in [3.05, 3.63) is 29.3 Å². The molecular formula is C16H20ClNO4S. The normalized spacial score (nSPS) is 16.7. The van der Waals surface area contributed by atoms with E-state index in [1.165, 1.54) is 0 Å². The summed E-state index contributed by atoms with van der Waals surface area (Å²) in [4.78, 5) is 24.6. The number of nitrogens with one attached hydrogen (secondary N) is 1. The van der Waals surface area contributed by atoms with Gasteiger partial charge in [-0.1, -0.05) is 11.6 Å². The zero-order valence-corrected chi connectivity index (χ0v) is 14.3. The minimum absolute atomic E-state index is 0.217. The maximum absolute atomic E-state index is 12.0. The van der Waals surface area contributed by atoms with E-state index in [0.717, 1.165) is 10.6 Å². The zero-order valence-electron chi connectivity index (χ0n) is 12.7. The lowest BCUT2D eigenvalue weighted by atomic mass is 9.90. The van der Waals surface area contributed by atoms with Crippen molar-refractivity contribution >= 4 is 35.2 Å². The standard InChI is InChI=1S/C16H20ClNO4S/c17-12-3-5-13(6-4-12)23-11-1-2-14(19)18-16(15(20)21)7-9-22-10-8-16/h3-6H,1-2,7-11H2,(H,18,19)(H,20,21). The highest BCUT2D eigenvalue weighted by Gasteiger charge is 2.41. The van der Waals surface area contributed by atoms with Gasteiger partial charge in [-0.25, -0.2) is 4.79 Å². The van der Waals surface area contributed by atoms with Crippen LogP contribution in [0.5, 0.6) is 0 Å². The largest absolute Gasteiger partial charge is 0.480 e. The number of hydrogen-bond acceptors (Lipinski definition) is 4. The van der Waals surface area contributed by atoms with E-state index in [9.17, 15) is 14.7 Å². The summed E-state index contributed by atoms with van der Waals surface area (Å²) in [6.07, 6.45) is 1.63. The fourth-order valence-electron chi connectivity index (χ4n) is 2.40. The molecule has 126 valence electrons. The lowest BCUT2D eigenvalue weighted by Gasteiger charge is -2.33. The Hall–Kier alpha value is -1.24. The van der Waals surface area contributed by atoms with Gasteiger partial charge in [0.05, 0.1) is 0 Å². The fraction of sp³-hybridized carbons (Fsp3) is 0.500. The van der Waals surface area contributed by atoms with Gasteiger partial charge in [-0.3, -0.25) is 4.79 Å². The number of rotatable bonds is 7. The number of ether oxygens (including phenoxy) is 1. The van der Waals surface area contributed by atoms with Gasteiger partial charge in [0.2, 0.25) is 5.91 Å². The summed E-state index contributed by atoms with van der Waals surface area (Å²) in [7, 11) is 0. The Morgan fingerprint density at radius 2 is 1.91 bits per heavy atom. The third-order valence-electron chi connectivity index (χ3n) is 3.76. The molecule has 7 heteroatoms. The van der Waals surface area contributed by atoms with Crippen LogP contribution in [0.25, 0.3) is 0 Å². The van der Waals surface area contributed by atoms with Gasteiger partial charge in [0.1, 0.15) is 5.54 Å². The predicted octanol–water partition coefficient (Wildman–Crippen LogP) is 2.96. The number of aliphatic carboxylic acids is 1. The average Bonchev–Trinajstić information content (AvgIpc) is 2.54. The fourth-order valence-corrected chi connectivity index (χ4v) is 3.37. The first-order chi connectivity index (χ1) is 11.0. The van der Waals surface area contributed by atoms with Crippen LogP contribution in [0.3, 0.4) is 0 Å². The summed E-state index contributed by atoms with van der Waals surface area (Å²) < 4.78 is 5.19. The van der Waals surface area contributed by atoms with Crippen LogP contribution in [-0.4, -0.2) is 41.5 Å². The molecule has 23 heavy (non-hydrogen) atoms. The lowest BCUT2D eigenvalue weighted by Crippen LogP contribution is -2.57. The molecule has 5 nitrogen and oxygen atoms in total. The van der Waals surface area contributed by atoms with Gasteiger partial charge in [0.15, 0.2) is 0 Å². The number of carboxylic acids is 1. The molecule has 0 aromatic heterocycles. The van der Waals surface area contributed by atoms with Gasteiger partial charge >= 0.3 is 5.97 Å². The number of hydrogen-bond donors (Lipinski definition) is 2. The van der Waals surface area contributed by atoms with Crippen LogP contribution in [0.4, 0.5) is 0 Å².